The van der Waals surface area contributed by atoms with Crippen LogP contribution in [-0.2, 0) is 5.75 Å². The minimum absolute atomic E-state index is 0.471. The van der Waals surface area contributed by atoms with Crippen LogP contribution in [0.2, 0.25) is 10.0 Å². The van der Waals surface area contributed by atoms with Gasteiger partial charge in [-0.05, 0) is 42.5 Å². The lowest BCUT2D eigenvalue weighted by Crippen LogP contribution is -1.81. The van der Waals surface area contributed by atoms with E-state index in [0.717, 1.165) is 21.8 Å². The van der Waals surface area contributed by atoms with E-state index in [2.05, 4.69) is 20.2 Å². The van der Waals surface area contributed by atoms with Crippen molar-refractivity contribution in [2.45, 2.75) is 10.9 Å². The molecule has 8 heteroatoms. The van der Waals surface area contributed by atoms with E-state index in [9.17, 15) is 0 Å². The quantitative estimate of drug-likeness (QED) is 0.495. The fourth-order valence-corrected chi connectivity index (χ4v) is 3.20. The number of rotatable bonds is 4. The van der Waals surface area contributed by atoms with Crippen LogP contribution < -0.4 is 0 Å². The first-order valence-corrected chi connectivity index (χ1v) is 8.78. The molecule has 2 aromatic heterocycles. The first-order chi connectivity index (χ1) is 11.7. The lowest BCUT2D eigenvalue weighted by Gasteiger charge is -1.94. The summed E-state index contributed by atoms with van der Waals surface area (Å²) in [4.78, 5) is 7.70. The summed E-state index contributed by atoms with van der Waals surface area (Å²) in [6.07, 6.45) is 0. The van der Waals surface area contributed by atoms with Crippen LogP contribution in [0.3, 0.4) is 0 Å². The Morgan fingerprint density at radius 3 is 2.62 bits per heavy atom. The van der Waals surface area contributed by atoms with Crippen molar-refractivity contribution in [1.29, 1.82) is 0 Å². The number of hydrogen-bond donors (Lipinski definition) is 1. The molecule has 24 heavy (non-hydrogen) atoms. The molecule has 0 fully saturated rings. The van der Waals surface area contributed by atoms with E-state index in [4.69, 9.17) is 27.6 Å². The highest BCUT2D eigenvalue weighted by molar-refractivity contribution is 7.98. The van der Waals surface area contributed by atoms with Gasteiger partial charge in [-0.25, -0.2) is 4.98 Å². The summed E-state index contributed by atoms with van der Waals surface area (Å²) in [5.41, 5.74) is 2.60. The van der Waals surface area contributed by atoms with E-state index in [1.165, 1.54) is 11.8 Å². The Morgan fingerprint density at radius 1 is 1.00 bits per heavy atom. The zero-order valence-corrected chi connectivity index (χ0v) is 14.5. The summed E-state index contributed by atoms with van der Waals surface area (Å²) in [6.45, 7) is 0. The molecule has 1 N–H and O–H groups in total. The maximum atomic E-state index is 5.98. The Balaban J connectivity index is 1.48. The molecule has 0 radical (unpaired) electrons. The number of imidazole rings is 1. The lowest BCUT2D eigenvalue weighted by atomic mass is 10.2. The van der Waals surface area contributed by atoms with Crippen LogP contribution in [0.15, 0.2) is 52.0 Å². The average molecular weight is 377 g/mol. The van der Waals surface area contributed by atoms with Crippen LogP contribution in [-0.4, -0.2) is 20.2 Å². The van der Waals surface area contributed by atoms with Crippen molar-refractivity contribution in [1.82, 2.24) is 20.2 Å². The predicted octanol–water partition coefficient (Wildman–Crippen LogP) is 5.21. The number of hydrogen-bond acceptors (Lipinski definition) is 5. The third kappa shape index (κ3) is 3.26. The summed E-state index contributed by atoms with van der Waals surface area (Å²) in [5.74, 6) is 1.52. The van der Waals surface area contributed by atoms with E-state index in [0.29, 0.717) is 27.6 Å². The van der Waals surface area contributed by atoms with Gasteiger partial charge < -0.3 is 9.40 Å². The van der Waals surface area contributed by atoms with Gasteiger partial charge in [0.05, 0.1) is 16.8 Å². The highest BCUT2D eigenvalue weighted by atomic mass is 35.5. The van der Waals surface area contributed by atoms with E-state index < -0.39 is 0 Å². The Labute approximate surface area is 151 Å². The van der Waals surface area contributed by atoms with Gasteiger partial charge in [0.25, 0.3) is 0 Å². The van der Waals surface area contributed by atoms with Crippen molar-refractivity contribution < 1.29 is 4.42 Å². The van der Waals surface area contributed by atoms with Crippen LogP contribution in [0.5, 0.6) is 0 Å². The van der Waals surface area contributed by atoms with Crippen molar-refractivity contribution in [3.8, 4) is 11.5 Å². The van der Waals surface area contributed by atoms with Gasteiger partial charge in [0.15, 0.2) is 5.16 Å². The van der Waals surface area contributed by atoms with Crippen LogP contribution in [0.1, 0.15) is 5.89 Å². The third-order valence-corrected chi connectivity index (χ3v) is 4.66. The molecule has 0 atom stereocenters. The van der Waals surface area contributed by atoms with Crippen molar-refractivity contribution in [3.05, 3.63) is 58.4 Å². The number of benzene rings is 2. The zero-order chi connectivity index (χ0) is 16.5. The topological polar surface area (TPSA) is 67.6 Å². The molecule has 0 bridgehead atoms. The Hall–Kier alpha value is -2.02. The Morgan fingerprint density at radius 2 is 1.79 bits per heavy atom. The van der Waals surface area contributed by atoms with Crippen LogP contribution in [0.4, 0.5) is 0 Å². The molecule has 120 valence electrons. The molecule has 0 aliphatic heterocycles. The number of aromatic nitrogens is 4. The normalized spacial score (nSPS) is 11.2. The monoisotopic (exact) mass is 376 g/mol. The molecule has 0 aliphatic rings. The van der Waals surface area contributed by atoms with Gasteiger partial charge in [-0.2, -0.15) is 0 Å². The second-order valence-corrected chi connectivity index (χ2v) is 6.84. The van der Waals surface area contributed by atoms with Crippen molar-refractivity contribution >= 4 is 46.0 Å². The number of nitrogens with zero attached hydrogens (tertiary/aromatic N) is 3. The van der Waals surface area contributed by atoms with Gasteiger partial charge in [0.1, 0.15) is 0 Å². The number of H-pyrrole nitrogens is 1. The second kappa shape index (κ2) is 6.47. The minimum Gasteiger partial charge on any atom is -0.420 e. The third-order valence-electron chi connectivity index (χ3n) is 3.31. The first-order valence-electron chi connectivity index (χ1n) is 7.04. The van der Waals surface area contributed by atoms with Crippen molar-refractivity contribution in [2.75, 3.05) is 0 Å². The highest BCUT2D eigenvalue weighted by Gasteiger charge is 2.10. The second-order valence-electron chi connectivity index (χ2n) is 5.00. The van der Waals surface area contributed by atoms with Crippen LogP contribution in [0.25, 0.3) is 22.5 Å². The molecule has 4 rings (SSSR count). The Bertz CT molecular complexity index is 997. The molecular weight excluding hydrogens is 367 g/mol. The van der Waals surface area contributed by atoms with Gasteiger partial charge in [-0.15, -0.1) is 10.2 Å². The van der Waals surface area contributed by atoms with Crippen LogP contribution >= 0.6 is 35.0 Å². The van der Waals surface area contributed by atoms with Crippen LogP contribution in [0, 0.1) is 0 Å². The standard InChI is InChI=1S/C16H10Cl2N4OS/c17-10-3-1-9(2-4-10)15-22-21-14(23-15)8-24-16-19-12-6-5-11(18)7-13(12)20-16/h1-7H,8H2,(H,19,20). The van der Waals surface area contributed by atoms with Gasteiger partial charge in [-0.3, -0.25) is 0 Å². The van der Waals surface area contributed by atoms with E-state index >= 15 is 0 Å². The van der Waals surface area contributed by atoms with Gasteiger partial charge in [0, 0.05) is 15.6 Å². The van der Waals surface area contributed by atoms with E-state index in [1.807, 2.05) is 30.3 Å². The molecule has 2 heterocycles. The lowest BCUT2D eigenvalue weighted by molar-refractivity contribution is 0.528. The summed E-state index contributed by atoms with van der Waals surface area (Å²) < 4.78 is 5.68. The molecular formula is C16H10Cl2N4OS. The predicted molar refractivity (Wildman–Crippen MR) is 95.4 cm³/mol. The molecule has 5 nitrogen and oxygen atoms in total. The van der Waals surface area contributed by atoms with Gasteiger partial charge in [0.2, 0.25) is 11.8 Å². The fraction of sp³-hybridized carbons (Fsp3) is 0.0625. The fourth-order valence-electron chi connectivity index (χ4n) is 2.18. The van der Waals surface area contributed by atoms with Gasteiger partial charge >= 0.3 is 0 Å². The number of halogens is 2. The number of aromatic amines is 1. The zero-order valence-electron chi connectivity index (χ0n) is 12.2. The molecule has 0 spiro atoms. The molecule has 4 aromatic rings. The smallest absolute Gasteiger partial charge is 0.247 e. The number of nitrogens with one attached hydrogen (secondary N) is 1. The molecule has 0 amide bonds. The van der Waals surface area contributed by atoms with E-state index in [1.54, 1.807) is 12.1 Å². The highest BCUT2D eigenvalue weighted by Crippen LogP contribution is 2.26. The molecule has 0 aliphatic carbocycles. The summed E-state index contributed by atoms with van der Waals surface area (Å²) in [5, 5.41) is 10.2. The SMILES string of the molecule is Clc1ccc(-c2nnc(CSc3nc4ccc(Cl)cc4[nH]3)o2)cc1. The molecule has 2 aromatic carbocycles. The largest absolute Gasteiger partial charge is 0.420 e. The Kier molecular flexibility index (Phi) is 4.18. The molecule has 0 unspecified atom stereocenters. The minimum atomic E-state index is 0.471. The van der Waals surface area contributed by atoms with Crippen molar-refractivity contribution in [2.24, 2.45) is 0 Å². The van der Waals surface area contributed by atoms with Gasteiger partial charge in [-0.1, -0.05) is 35.0 Å². The number of fused-ring (bicyclic) bond motifs is 1. The summed E-state index contributed by atoms with van der Waals surface area (Å²) >= 11 is 13.3. The maximum Gasteiger partial charge on any atom is 0.247 e. The molecule has 0 saturated heterocycles. The average Bonchev–Trinajstić information content (AvgIpc) is 3.19. The first kappa shape index (κ1) is 15.5. The molecule has 0 saturated carbocycles. The van der Waals surface area contributed by atoms with Crippen molar-refractivity contribution in [3.63, 3.8) is 0 Å². The summed E-state index contributed by atoms with van der Waals surface area (Å²) in [7, 11) is 0. The van der Waals surface area contributed by atoms with E-state index in [-0.39, 0.29) is 0 Å². The number of thioether (sulfide) groups is 1. The summed E-state index contributed by atoms with van der Waals surface area (Å²) in [6, 6.07) is 12.8. The maximum absolute atomic E-state index is 5.98.